The summed E-state index contributed by atoms with van der Waals surface area (Å²) in [7, 11) is -2.13. The van der Waals surface area contributed by atoms with E-state index in [1.807, 2.05) is 25.3 Å². The zero-order valence-corrected chi connectivity index (χ0v) is 13.8. The Morgan fingerprint density at radius 3 is 2.71 bits per heavy atom. The van der Waals surface area contributed by atoms with Crippen molar-refractivity contribution in [2.75, 3.05) is 13.7 Å². The number of aromatic nitrogens is 1. The van der Waals surface area contributed by atoms with Crippen LogP contribution in [-0.2, 0) is 16.4 Å². The van der Waals surface area contributed by atoms with Gasteiger partial charge in [0.25, 0.3) is 0 Å². The summed E-state index contributed by atoms with van der Waals surface area (Å²) in [4.78, 5) is 4.48. The molecule has 114 valence electrons. The molecule has 1 N–H and O–H groups in total. The third kappa shape index (κ3) is 4.03. The van der Waals surface area contributed by atoms with Gasteiger partial charge in [-0.2, -0.15) is 0 Å². The molecule has 0 aliphatic rings. The number of hydrogen-bond donors (Lipinski definition) is 1. The van der Waals surface area contributed by atoms with Crippen LogP contribution in [-0.4, -0.2) is 27.1 Å². The molecule has 0 amide bonds. The Kier molecular flexibility index (Phi) is 4.97. The Bertz CT molecular complexity index is 724. The third-order valence-electron chi connectivity index (χ3n) is 2.91. The van der Waals surface area contributed by atoms with Crippen LogP contribution < -0.4 is 9.46 Å². The smallest absolute Gasteiger partial charge is 0.244 e. The van der Waals surface area contributed by atoms with Gasteiger partial charge < -0.3 is 4.74 Å². The first kappa shape index (κ1) is 15.9. The van der Waals surface area contributed by atoms with Crippen LogP contribution in [0.15, 0.2) is 28.5 Å². The van der Waals surface area contributed by atoms with E-state index in [4.69, 9.17) is 4.74 Å². The third-order valence-corrected chi connectivity index (χ3v) is 5.41. The van der Waals surface area contributed by atoms with Gasteiger partial charge in [0.2, 0.25) is 10.0 Å². The fraction of sp³-hybridized carbons (Fsp3) is 0.357. The Hall–Kier alpha value is -1.44. The molecule has 5 nitrogen and oxygen atoms in total. The maximum Gasteiger partial charge on any atom is 0.244 e. The van der Waals surface area contributed by atoms with E-state index in [1.165, 1.54) is 18.4 Å². The van der Waals surface area contributed by atoms with E-state index in [9.17, 15) is 8.42 Å². The lowest BCUT2D eigenvalue weighted by Gasteiger charge is -2.11. The highest BCUT2D eigenvalue weighted by atomic mass is 32.2. The summed E-state index contributed by atoms with van der Waals surface area (Å²) < 4.78 is 32.4. The molecule has 7 heteroatoms. The molecule has 0 aliphatic carbocycles. The zero-order chi connectivity index (χ0) is 15.5. The average molecular weight is 326 g/mol. The number of methoxy groups -OCH3 is 1. The van der Waals surface area contributed by atoms with E-state index in [-0.39, 0.29) is 4.90 Å². The van der Waals surface area contributed by atoms with Crippen molar-refractivity contribution in [2.24, 2.45) is 0 Å². The quantitative estimate of drug-likeness (QED) is 0.884. The van der Waals surface area contributed by atoms with Crippen molar-refractivity contribution in [2.45, 2.75) is 25.2 Å². The maximum absolute atomic E-state index is 12.4. The summed E-state index contributed by atoms with van der Waals surface area (Å²) in [6.45, 7) is 4.07. The molecule has 0 saturated heterocycles. The summed E-state index contributed by atoms with van der Waals surface area (Å²) in [6, 6.07) is 5.08. The fourth-order valence-electron chi connectivity index (χ4n) is 1.88. The van der Waals surface area contributed by atoms with Gasteiger partial charge in [0.05, 0.1) is 12.1 Å². The summed E-state index contributed by atoms with van der Waals surface area (Å²) in [5, 5.41) is 2.87. The topological polar surface area (TPSA) is 68.3 Å². The second-order valence-corrected chi connectivity index (χ2v) is 7.36. The van der Waals surface area contributed by atoms with Crippen LogP contribution in [0.1, 0.15) is 16.3 Å². The van der Waals surface area contributed by atoms with E-state index in [1.54, 1.807) is 12.1 Å². The van der Waals surface area contributed by atoms with Crippen LogP contribution in [0.4, 0.5) is 0 Å². The first-order chi connectivity index (χ1) is 9.92. The van der Waals surface area contributed by atoms with Crippen molar-refractivity contribution in [1.29, 1.82) is 0 Å². The van der Waals surface area contributed by atoms with E-state index >= 15 is 0 Å². The van der Waals surface area contributed by atoms with Gasteiger partial charge in [-0.15, -0.1) is 11.3 Å². The second kappa shape index (κ2) is 6.55. The number of sulfonamides is 1. The maximum atomic E-state index is 12.4. The van der Waals surface area contributed by atoms with Crippen LogP contribution in [0, 0.1) is 13.8 Å². The Morgan fingerprint density at radius 1 is 1.33 bits per heavy atom. The molecule has 1 aromatic heterocycles. The highest BCUT2D eigenvalue weighted by molar-refractivity contribution is 7.89. The Morgan fingerprint density at radius 2 is 2.10 bits per heavy atom. The lowest BCUT2D eigenvalue weighted by atomic mass is 10.2. The number of rotatable bonds is 6. The van der Waals surface area contributed by atoms with Crippen LogP contribution in [0.3, 0.4) is 0 Å². The molecule has 1 heterocycles. The minimum Gasteiger partial charge on any atom is -0.495 e. The average Bonchev–Trinajstić information content (AvgIpc) is 2.84. The van der Waals surface area contributed by atoms with Gasteiger partial charge in [-0.3, -0.25) is 0 Å². The molecule has 0 bridgehead atoms. The van der Waals surface area contributed by atoms with Crippen molar-refractivity contribution >= 4 is 21.4 Å². The van der Waals surface area contributed by atoms with Crippen LogP contribution in [0.25, 0.3) is 0 Å². The first-order valence-corrected chi connectivity index (χ1v) is 8.84. The van der Waals surface area contributed by atoms with Gasteiger partial charge in [0, 0.05) is 24.0 Å². The van der Waals surface area contributed by atoms with Gasteiger partial charge in [-0.05, 0) is 31.5 Å². The fourth-order valence-corrected chi connectivity index (χ4v) is 3.94. The SMILES string of the molecule is COc1ccc(C)cc1S(=O)(=O)NCCc1nc(C)cs1. The molecule has 0 fully saturated rings. The van der Waals surface area contributed by atoms with E-state index < -0.39 is 10.0 Å². The number of nitrogens with one attached hydrogen (secondary N) is 1. The van der Waals surface area contributed by atoms with Crippen LogP contribution >= 0.6 is 11.3 Å². The number of hydrogen-bond acceptors (Lipinski definition) is 5. The van der Waals surface area contributed by atoms with Gasteiger partial charge in [-0.25, -0.2) is 18.1 Å². The molecule has 0 unspecified atom stereocenters. The number of aryl methyl sites for hydroxylation is 2. The minimum absolute atomic E-state index is 0.167. The monoisotopic (exact) mass is 326 g/mol. The highest BCUT2D eigenvalue weighted by Crippen LogP contribution is 2.24. The molecule has 0 saturated carbocycles. The largest absolute Gasteiger partial charge is 0.495 e. The van der Waals surface area contributed by atoms with Crippen molar-refractivity contribution in [3.05, 3.63) is 39.8 Å². The molecule has 0 atom stereocenters. The standard InChI is InChI=1S/C14H18N2O3S2/c1-10-4-5-12(19-3)13(8-10)21(17,18)15-7-6-14-16-11(2)9-20-14/h4-5,8-9,15H,6-7H2,1-3H3. The minimum atomic E-state index is -3.59. The van der Waals surface area contributed by atoms with Crippen LogP contribution in [0.2, 0.25) is 0 Å². The molecule has 2 rings (SSSR count). The predicted molar refractivity (Wildman–Crippen MR) is 83.5 cm³/mol. The van der Waals surface area contributed by atoms with Gasteiger partial charge >= 0.3 is 0 Å². The van der Waals surface area contributed by atoms with E-state index in [0.717, 1.165) is 16.3 Å². The Labute approximate surface area is 129 Å². The number of nitrogens with zero attached hydrogens (tertiary/aromatic N) is 1. The summed E-state index contributed by atoms with van der Waals surface area (Å²) in [6.07, 6.45) is 0.575. The summed E-state index contributed by atoms with van der Waals surface area (Å²) in [5.41, 5.74) is 1.82. The molecule has 0 aliphatic heterocycles. The van der Waals surface area contributed by atoms with Gasteiger partial charge in [0.15, 0.2) is 0 Å². The zero-order valence-electron chi connectivity index (χ0n) is 12.2. The summed E-state index contributed by atoms with van der Waals surface area (Å²) in [5.74, 6) is 0.346. The number of thiazole rings is 1. The number of ether oxygens (including phenoxy) is 1. The lowest BCUT2D eigenvalue weighted by Crippen LogP contribution is -2.26. The molecule has 0 radical (unpaired) electrons. The van der Waals surface area contributed by atoms with Crippen molar-refractivity contribution in [3.63, 3.8) is 0 Å². The van der Waals surface area contributed by atoms with Gasteiger partial charge in [0.1, 0.15) is 10.6 Å². The van der Waals surface area contributed by atoms with Crippen LogP contribution in [0.5, 0.6) is 5.75 Å². The normalized spacial score (nSPS) is 11.6. The molecular formula is C14H18N2O3S2. The van der Waals surface area contributed by atoms with E-state index in [2.05, 4.69) is 9.71 Å². The molecular weight excluding hydrogens is 308 g/mol. The van der Waals surface area contributed by atoms with E-state index in [0.29, 0.717) is 18.7 Å². The van der Waals surface area contributed by atoms with Crippen molar-refractivity contribution in [1.82, 2.24) is 9.71 Å². The molecule has 1 aromatic carbocycles. The molecule has 21 heavy (non-hydrogen) atoms. The van der Waals surface area contributed by atoms with Crippen molar-refractivity contribution in [3.8, 4) is 5.75 Å². The molecule has 2 aromatic rings. The van der Waals surface area contributed by atoms with Crippen molar-refractivity contribution < 1.29 is 13.2 Å². The van der Waals surface area contributed by atoms with Gasteiger partial charge in [-0.1, -0.05) is 6.07 Å². The Balaban J connectivity index is 2.09. The number of benzene rings is 1. The lowest BCUT2D eigenvalue weighted by molar-refractivity contribution is 0.402. The molecule has 0 spiro atoms. The summed E-state index contributed by atoms with van der Waals surface area (Å²) >= 11 is 1.54. The highest BCUT2D eigenvalue weighted by Gasteiger charge is 2.19. The second-order valence-electron chi connectivity index (χ2n) is 4.68. The first-order valence-electron chi connectivity index (χ1n) is 6.47. The predicted octanol–water partition coefficient (Wildman–Crippen LogP) is 2.29.